The summed E-state index contributed by atoms with van der Waals surface area (Å²) in [5, 5.41) is 3.52. The van der Waals surface area contributed by atoms with Crippen molar-refractivity contribution in [3.63, 3.8) is 0 Å². The van der Waals surface area contributed by atoms with Gasteiger partial charge in [0.05, 0.1) is 0 Å². The first-order valence-corrected chi connectivity index (χ1v) is 7.32. The van der Waals surface area contributed by atoms with Crippen molar-refractivity contribution < 1.29 is 4.79 Å². The fraction of sp³-hybridized carbons (Fsp3) is 0.0625. The number of amides is 1. The van der Waals surface area contributed by atoms with Gasteiger partial charge in [-0.05, 0) is 42.3 Å². The first-order valence-electron chi connectivity index (χ1n) is 6.15. The SMILES string of the molecule is Cc1c(Br)ccc2c1C(=Cc1ccccc1Cl)C(=O)N2. The summed E-state index contributed by atoms with van der Waals surface area (Å²) in [5.41, 5.74) is 4.30. The Bertz CT molecular complexity index is 752. The summed E-state index contributed by atoms with van der Waals surface area (Å²) < 4.78 is 0.984. The molecule has 0 fully saturated rings. The van der Waals surface area contributed by atoms with Crippen LogP contribution in [0.25, 0.3) is 11.6 Å². The predicted molar refractivity (Wildman–Crippen MR) is 86.8 cm³/mol. The summed E-state index contributed by atoms with van der Waals surface area (Å²) in [5.74, 6) is -0.0962. The zero-order chi connectivity index (χ0) is 14.3. The van der Waals surface area contributed by atoms with Crippen molar-refractivity contribution in [1.82, 2.24) is 0 Å². The molecule has 0 spiro atoms. The Hall–Kier alpha value is -1.58. The normalized spacial score (nSPS) is 15.3. The lowest BCUT2D eigenvalue weighted by molar-refractivity contribution is -0.110. The van der Waals surface area contributed by atoms with Crippen molar-refractivity contribution in [3.8, 4) is 0 Å². The molecule has 2 aromatic rings. The Balaban J connectivity index is 2.20. The molecule has 0 saturated carbocycles. The van der Waals surface area contributed by atoms with E-state index in [1.54, 1.807) is 0 Å². The fourth-order valence-corrected chi connectivity index (χ4v) is 2.85. The molecule has 0 saturated heterocycles. The molecule has 1 aliphatic heterocycles. The van der Waals surface area contributed by atoms with Crippen molar-refractivity contribution in [2.45, 2.75) is 6.92 Å². The highest BCUT2D eigenvalue weighted by atomic mass is 79.9. The molecule has 2 aromatic carbocycles. The van der Waals surface area contributed by atoms with Crippen molar-refractivity contribution in [2.75, 3.05) is 5.32 Å². The van der Waals surface area contributed by atoms with Crippen molar-refractivity contribution in [3.05, 3.63) is 62.6 Å². The van der Waals surface area contributed by atoms with Crippen LogP contribution >= 0.6 is 27.5 Å². The van der Waals surface area contributed by atoms with Gasteiger partial charge in [-0.1, -0.05) is 45.7 Å². The highest BCUT2D eigenvalue weighted by molar-refractivity contribution is 9.10. The van der Waals surface area contributed by atoms with E-state index < -0.39 is 0 Å². The Kier molecular flexibility index (Phi) is 3.40. The second-order valence-electron chi connectivity index (χ2n) is 4.63. The highest BCUT2D eigenvalue weighted by Crippen LogP contribution is 2.39. The molecule has 0 atom stereocenters. The van der Waals surface area contributed by atoms with E-state index in [0.29, 0.717) is 10.6 Å². The van der Waals surface area contributed by atoms with E-state index >= 15 is 0 Å². The van der Waals surface area contributed by atoms with E-state index in [1.807, 2.05) is 49.4 Å². The van der Waals surface area contributed by atoms with Gasteiger partial charge < -0.3 is 5.32 Å². The average Bonchev–Trinajstić information content (AvgIpc) is 2.74. The molecule has 2 nitrogen and oxygen atoms in total. The summed E-state index contributed by atoms with van der Waals surface area (Å²) >= 11 is 9.67. The van der Waals surface area contributed by atoms with E-state index in [2.05, 4.69) is 21.2 Å². The van der Waals surface area contributed by atoms with Crippen LogP contribution in [0.4, 0.5) is 5.69 Å². The number of benzene rings is 2. The quantitative estimate of drug-likeness (QED) is 0.729. The Morgan fingerprint density at radius 2 is 1.95 bits per heavy atom. The summed E-state index contributed by atoms with van der Waals surface area (Å²) in [6, 6.07) is 11.3. The fourth-order valence-electron chi connectivity index (χ4n) is 2.33. The Morgan fingerprint density at radius 3 is 2.70 bits per heavy atom. The van der Waals surface area contributed by atoms with Crippen LogP contribution in [0.5, 0.6) is 0 Å². The van der Waals surface area contributed by atoms with Gasteiger partial charge in [0.25, 0.3) is 5.91 Å². The summed E-state index contributed by atoms with van der Waals surface area (Å²) in [6.45, 7) is 1.99. The third-order valence-corrected chi connectivity index (χ3v) is 4.57. The van der Waals surface area contributed by atoms with Gasteiger partial charge in [0.1, 0.15) is 0 Å². The van der Waals surface area contributed by atoms with Crippen LogP contribution in [0.1, 0.15) is 16.7 Å². The Labute approximate surface area is 130 Å². The van der Waals surface area contributed by atoms with Gasteiger partial charge in [-0.25, -0.2) is 0 Å². The van der Waals surface area contributed by atoms with Crippen molar-refractivity contribution in [2.24, 2.45) is 0 Å². The number of hydrogen-bond donors (Lipinski definition) is 1. The van der Waals surface area contributed by atoms with Crippen molar-refractivity contribution in [1.29, 1.82) is 0 Å². The van der Waals surface area contributed by atoms with Crippen LogP contribution < -0.4 is 5.32 Å². The number of nitrogens with one attached hydrogen (secondary N) is 1. The van der Waals surface area contributed by atoms with Crippen LogP contribution in [0, 0.1) is 6.92 Å². The molecule has 1 heterocycles. The summed E-state index contributed by atoms with van der Waals surface area (Å²) in [4.78, 5) is 12.2. The van der Waals surface area contributed by atoms with Crippen LogP contribution in [0.2, 0.25) is 5.02 Å². The zero-order valence-electron chi connectivity index (χ0n) is 10.7. The van der Waals surface area contributed by atoms with Gasteiger partial charge in [0.2, 0.25) is 0 Å². The maximum atomic E-state index is 12.2. The third-order valence-electron chi connectivity index (χ3n) is 3.37. The molecule has 100 valence electrons. The molecule has 3 rings (SSSR count). The molecule has 0 unspecified atom stereocenters. The minimum atomic E-state index is -0.0962. The molecule has 1 amide bonds. The van der Waals surface area contributed by atoms with Gasteiger partial charge >= 0.3 is 0 Å². The highest BCUT2D eigenvalue weighted by Gasteiger charge is 2.26. The summed E-state index contributed by atoms with van der Waals surface area (Å²) in [7, 11) is 0. The minimum Gasteiger partial charge on any atom is -0.321 e. The number of hydrogen-bond acceptors (Lipinski definition) is 1. The maximum absolute atomic E-state index is 12.2. The minimum absolute atomic E-state index is 0.0962. The van der Waals surface area contributed by atoms with E-state index in [-0.39, 0.29) is 5.91 Å². The molecule has 1 aliphatic rings. The molecule has 1 N–H and O–H groups in total. The second kappa shape index (κ2) is 5.08. The number of halogens is 2. The van der Waals surface area contributed by atoms with Gasteiger partial charge in [-0.15, -0.1) is 0 Å². The number of carbonyl (C=O) groups excluding carboxylic acids is 1. The number of fused-ring (bicyclic) bond motifs is 1. The molecule has 0 radical (unpaired) electrons. The smallest absolute Gasteiger partial charge is 0.256 e. The lowest BCUT2D eigenvalue weighted by Crippen LogP contribution is -2.03. The van der Waals surface area contributed by atoms with Crippen LogP contribution in [-0.4, -0.2) is 5.91 Å². The number of carbonyl (C=O) groups is 1. The lowest BCUT2D eigenvalue weighted by atomic mass is 9.99. The largest absolute Gasteiger partial charge is 0.321 e. The van der Waals surface area contributed by atoms with Gasteiger partial charge in [-0.3, -0.25) is 4.79 Å². The molecular formula is C16H11BrClNO. The predicted octanol–water partition coefficient (Wildman–Crippen LogP) is 4.90. The molecule has 20 heavy (non-hydrogen) atoms. The van der Waals surface area contributed by atoms with Gasteiger partial charge in [-0.2, -0.15) is 0 Å². The monoisotopic (exact) mass is 347 g/mol. The zero-order valence-corrected chi connectivity index (χ0v) is 13.0. The third kappa shape index (κ3) is 2.17. The molecule has 4 heteroatoms. The second-order valence-corrected chi connectivity index (χ2v) is 5.89. The van der Waals surface area contributed by atoms with Crippen LogP contribution in [-0.2, 0) is 4.79 Å². The topological polar surface area (TPSA) is 29.1 Å². The number of rotatable bonds is 1. The molecular weight excluding hydrogens is 338 g/mol. The Morgan fingerprint density at radius 1 is 1.20 bits per heavy atom. The van der Waals surface area contributed by atoms with E-state index in [0.717, 1.165) is 26.9 Å². The molecule has 0 aromatic heterocycles. The first kappa shape index (κ1) is 13.4. The van der Waals surface area contributed by atoms with Gasteiger partial charge in [0, 0.05) is 26.3 Å². The standard InChI is InChI=1S/C16H11BrClNO/c1-9-12(17)6-7-14-15(9)11(16(20)19-14)8-10-4-2-3-5-13(10)18/h2-8H,1H3,(H,19,20). The first-order chi connectivity index (χ1) is 9.58. The lowest BCUT2D eigenvalue weighted by Gasteiger charge is -2.06. The molecule has 0 aliphatic carbocycles. The van der Waals surface area contributed by atoms with E-state index in [9.17, 15) is 4.79 Å². The maximum Gasteiger partial charge on any atom is 0.256 e. The summed E-state index contributed by atoms with van der Waals surface area (Å²) in [6.07, 6.45) is 1.84. The van der Waals surface area contributed by atoms with Crippen LogP contribution in [0.15, 0.2) is 40.9 Å². The van der Waals surface area contributed by atoms with E-state index in [1.165, 1.54) is 0 Å². The number of anilines is 1. The average molecular weight is 349 g/mol. The van der Waals surface area contributed by atoms with Crippen molar-refractivity contribution >= 4 is 50.8 Å². The van der Waals surface area contributed by atoms with Crippen LogP contribution in [0.3, 0.4) is 0 Å². The van der Waals surface area contributed by atoms with Gasteiger partial charge in [0.15, 0.2) is 0 Å². The molecule has 0 bridgehead atoms. The van der Waals surface area contributed by atoms with E-state index in [4.69, 9.17) is 11.6 Å².